The van der Waals surface area contributed by atoms with Crippen molar-refractivity contribution in [3.05, 3.63) is 51.9 Å². The highest BCUT2D eigenvalue weighted by molar-refractivity contribution is 6.31. The minimum Gasteiger partial charge on any atom is -0.478 e. The SMILES string of the molecule is CCNC(=O)c1cnc(N2CCN(C3CCN(Cc4ccc(Cl)cc4C(=O)O)CC3)[C@H]3CCCC[C@H]32)c(C)n1. The van der Waals surface area contributed by atoms with Crippen LogP contribution in [0.5, 0.6) is 0 Å². The molecule has 0 radical (unpaired) electrons. The van der Waals surface area contributed by atoms with Gasteiger partial charge in [-0.2, -0.15) is 0 Å². The maximum absolute atomic E-state index is 12.2. The number of benzene rings is 1. The second kappa shape index (κ2) is 12.2. The molecule has 10 heteroatoms. The van der Waals surface area contributed by atoms with Gasteiger partial charge in [0.05, 0.1) is 17.5 Å². The average molecular weight is 555 g/mol. The van der Waals surface area contributed by atoms with E-state index in [0.717, 1.165) is 62.5 Å². The number of carboxylic acids is 1. The van der Waals surface area contributed by atoms with Crippen molar-refractivity contribution in [2.24, 2.45) is 0 Å². The van der Waals surface area contributed by atoms with Crippen molar-refractivity contribution in [3.8, 4) is 0 Å². The van der Waals surface area contributed by atoms with Crippen LogP contribution in [-0.4, -0.2) is 87.6 Å². The van der Waals surface area contributed by atoms with Gasteiger partial charge in [0.2, 0.25) is 0 Å². The largest absolute Gasteiger partial charge is 0.478 e. The third-order valence-electron chi connectivity index (χ3n) is 8.60. The van der Waals surface area contributed by atoms with Gasteiger partial charge in [0.25, 0.3) is 5.91 Å². The van der Waals surface area contributed by atoms with E-state index in [-0.39, 0.29) is 5.91 Å². The fourth-order valence-electron chi connectivity index (χ4n) is 6.77. The van der Waals surface area contributed by atoms with Gasteiger partial charge < -0.3 is 15.3 Å². The third kappa shape index (κ3) is 6.05. The molecule has 3 fully saturated rings. The van der Waals surface area contributed by atoms with Gasteiger partial charge in [-0.3, -0.25) is 14.6 Å². The van der Waals surface area contributed by atoms with Gasteiger partial charge in [-0.15, -0.1) is 0 Å². The van der Waals surface area contributed by atoms with Crippen LogP contribution in [0.2, 0.25) is 5.02 Å². The van der Waals surface area contributed by atoms with E-state index in [2.05, 4.69) is 25.0 Å². The quantitative estimate of drug-likeness (QED) is 0.530. The van der Waals surface area contributed by atoms with Crippen molar-refractivity contribution in [1.29, 1.82) is 0 Å². The predicted octanol–water partition coefficient (Wildman–Crippen LogP) is 3.98. The van der Waals surface area contributed by atoms with Crippen molar-refractivity contribution in [2.75, 3.05) is 37.6 Å². The first-order chi connectivity index (χ1) is 18.9. The molecule has 1 aromatic carbocycles. The molecule has 2 N–H and O–H groups in total. The number of hydrogen-bond donors (Lipinski definition) is 2. The van der Waals surface area contributed by atoms with E-state index in [1.807, 2.05) is 19.9 Å². The van der Waals surface area contributed by atoms with Crippen molar-refractivity contribution in [2.45, 2.75) is 77.0 Å². The van der Waals surface area contributed by atoms with Crippen LogP contribution >= 0.6 is 11.6 Å². The van der Waals surface area contributed by atoms with Gasteiger partial charge in [0.1, 0.15) is 11.5 Å². The summed E-state index contributed by atoms with van der Waals surface area (Å²) in [5.74, 6) is -0.199. The van der Waals surface area contributed by atoms with Crippen LogP contribution in [0.3, 0.4) is 0 Å². The second-order valence-corrected chi connectivity index (χ2v) is 11.4. The number of aryl methyl sites for hydroxylation is 1. The minimum atomic E-state index is -0.928. The van der Waals surface area contributed by atoms with Gasteiger partial charge in [-0.25, -0.2) is 14.8 Å². The molecule has 3 heterocycles. The smallest absolute Gasteiger partial charge is 0.336 e. The fourth-order valence-corrected chi connectivity index (χ4v) is 6.94. The van der Waals surface area contributed by atoms with E-state index in [4.69, 9.17) is 16.6 Å². The molecule has 1 saturated carbocycles. The van der Waals surface area contributed by atoms with Crippen LogP contribution in [0.4, 0.5) is 5.82 Å². The number of fused-ring (bicyclic) bond motifs is 1. The zero-order valence-electron chi connectivity index (χ0n) is 22.9. The molecule has 0 bridgehead atoms. The van der Waals surface area contributed by atoms with E-state index in [9.17, 15) is 14.7 Å². The van der Waals surface area contributed by atoms with Crippen LogP contribution in [-0.2, 0) is 6.54 Å². The molecule has 3 aliphatic rings. The first kappa shape index (κ1) is 27.8. The number of amides is 1. The molecular weight excluding hydrogens is 516 g/mol. The van der Waals surface area contributed by atoms with Crippen LogP contribution < -0.4 is 10.2 Å². The monoisotopic (exact) mass is 554 g/mol. The van der Waals surface area contributed by atoms with Crippen molar-refractivity contribution >= 4 is 29.3 Å². The van der Waals surface area contributed by atoms with Crippen LogP contribution in [0.1, 0.15) is 77.6 Å². The fraction of sp³-hybridized carbons (Fsp3) is 0.586. The van der Waals surface area contributed by atoms with E-state index in [0.29, 0.717) is 47.5 Å². The molecule has 210 valence electrons. The molecule has 2 aromatic rings. The van der Waals surface area contributed by atoms with Crippen molar-refractivity contribution in [1.82, 2.24) is 25.1 Å². The Morgan fingerprint density at radius 1 is 1.08 bits per heavy atom. The third-order valence-corrected chi connectivity index (χ3v) is 8.84. The van der Waals surface area contributed by atoms with Crippen LogP contribution in [0.25, 0.3) is 0 Å². The number of halogens is 1. The lowest BCUT2D eigenvalue weighted by Gasteiger charge is -2.54. The minimum absolute atomic E-state index is 0.179. The Bertz CT molecular complexity index is 1200. The van der Waals surface area contributed by atoms with Crippen LogP contribution in [0, 0.1) is 6.92 Å². The van der Waals surface area contributed by atoms with E-state index in [1.54, 1.807) is 18.3 Å². The lowest BCUT2D eigenvalue weighted by Crippen LogP contribution is -2.64. The van der Waals surface area contributed by atoms with E-state index >= 15 is 0 Å². The molecule has 5 rings (SSSR count). The Morgan fingerprint density at radius 2 is 1.82 bits per heavy atom. The topological polar surface area (TPSA) is 102 Å². The lowest BCUT2D eigenvalue weighted by molar-refractivity contribution is 0.0298. The number of carboxylic acid groups (broad SMARTS) is 1. The van der Waals surface area contributed by atoms with Gasteiger partial charge in [-0.1, -0.05) is 30.5 Å². The van der Waals surface area contributed by atoms with Crippen molar-refractivity contribution < 1.29 is 14.7 Å². The normalized spacial score (nSPS) is 22.9. The number of hydrogen-bond acceptors (Lipinski definition) is 7. The summed E-state index contributed by atoms with van der Waals surface area (Å²) >= 11 is 6.04. The van der Waals surface area contributed by atoms with Crippen LogP contribution in [0.15, 0.2) is 24.4 Å². The number of piperazine rings is 1. The molecule has 2 atom stereocenters. The number of carbonyl (C=O) groups is 2. The zero-order chi connectivity index (χ0) is 27.5. The molecule has 1 aromatic heterocycles. The second-order valence-electron chi connectivity index (χ2n) is 11.0. The summed E-state index contributed by atoms with van der Waals surface area (Å²) in [5, 5.41) is 12.9. The summed E-state index contributed by atoms with van der Waals surface area (Å²) in [7, 11) is 0. The summed E-state index contributed by atoms with van der Waals surface area (Å²) in [4.78, 5) is 40.9. The summed E-state index contributed by atoms with van der Waals surface area (Å²) in [6, 6.07) is 6.60. The molecule has 2 aliphatic heterocycles. The summed E-state index contributed by atoms with van der Waals surface area (Å²) in [6.07, 6.45) is 8.59. The standard InChI is InChI=1S/C29H39ClN6O3/c1-3-31-28(37)24-17-32-27(19(2)33-24)36-15-14-35(25-6-4-5-7-26(25)36)22-10-12-34(13-11-22)18-20-8-9-21(30)16-23(20)29(38)39/h8-9,16-17,22,25-26H,3-7,10-15,18H2,1-2H3,(H,31,37)(H,38,39)/t25-,26+/m0/s1. The molecule has 2 saturated heterocycles. The average Bonchev–Trinajstić information content (AvgIpc) is 2.94. The Kier molecular flexibility index (Phi) is 8.69. The Morgan fingerprint density at radius 3 is 2.51 bits per heavy atom. The van der Waals surface area contributed by atoms with E-state index in [1.165, 1.54) is 19.3 Å². The number of nitrogens with zero attached hydrogens (tertiary/aromatic N) is 5. The summed E-state index contributed by atoms with van der Waals surface area (Å²) in [5.41, 5.74) is 2.30. The van der Waals surface area contributed by atoms with Gasteiger partial charge >= 0.3 is 5.97 Å². The molecule has 9 nitrogen and oxygen atoms in total. The Balaban J connectivity index is 1.24. The van der Waals surface area contributed by atoms with E-state index < -0.39 is 5.97 Å². The maximum atomic E-state index is 12.2. The molecule has 1 aliphatic carbocycles. The lowest BCUT2D eigenvalue weighted by atomic mass is 9.84. The number of likely N-dealkylation sites (tertiary alicyclic amines) is 1. The summed E-state index contributed by atoms with van der Waals surface area (Å²) in [6.45, 7) is 8.86. The van der Waals surface area contributed by atoms with Gasteiger partial charge in [0, 0.05) is 49.3 Å². The highest BCUT2D eigenvalue weighted by atomic mass is 35.5. The first-order valence-electron chi connectivity index (χ1n) is 14.2. The van der Waals surface area contributed by atoms with Gasteiger partial charge in [-0.05, 0) is 70.3 Å². The highest BCUT2D eigenvalue weighted by Gasteiger charge is 2.42. The maximum Gasteiger partial charge on any atom is 0.336 e. The number of piperidine rings is 1. The molecule has 0 unspecified atom stereocenters. The summed E-state index contributed by atoms with van der Waals surface area (Å²) < 4.78 is 0. The number of rotatable bonds is 7. The zero-order valence-corrected chi connectivity index (χ0v) is 23.7. The Labute approximate surface area is 235 Å². The number of aromatic nitrogens is 2. The number of aromatic carboxylic acids is 1. The molecular formula is C29H39ClN6O3. The molecule has 1 amide bonds. The highest BCUT2D eigenvalue weighted by Crippen LogP contribution is 2.36. The number of nitrogens with one attached hydrogen (secondary N) is 1. The van der Waals surface area contributed by atoms with Crippen molar-refractivity contribution in [3.63, 3.8) is 0 Å². The molecule has 39 heavy (non-hydrogen) atoms. The van der Waals surface area contributed by atoms with Gasteiger partial charge in [0.15, 0.2) is 0 Å². The number of carbonyl (C=O) groups excluding carboxylic acids is 1. The predicted molar refractivity (Wildman–Crippen MR) is 152 cm³/mol. The first-order valence-corrected chi connectivity index (χ1v) is 14.6. The number of anilines is 1. The Hall–Kier alpha value is -2.75. The molecule has 0 spiro atoms.